The van der Waals surface area contributed by atoms with Gasteiger partial charge in [0.05, 0.1) is 52.9 Å². The highest BCUT2D eigenvalue weighted by Gasteiger charge is 2.15. The predicted octanol–water partition coefficient (Wildman–Crippen LogP) is 0.594. The van der Waals surface area contributed by atoms with Crippen molar-refractivity contribution in [1.82, 2.24) is 5.48 Å². The van der Waals surface area contributed by atoms with Gasteiger partial charge in [0.25, 0.3) is 0 Å². The van der Waals surface area contributed by atoms with Crippen LogP contribution in [0.5, 0.6) is 0 Å². The number of carbonyl (C=O) groups excluding carboxylic acids is 1. The van der Waals surface area contributed by atoms with Crippen LogP contribution >= 0.6 is 0 Å². The largest absolute Gasteiger partial charge is 0.480 e. The number of rotatable bonds is 15. The van der Waals surface area contributed by atoms with E-state index in [4.69, 9.17) is 33.6 Å². The van der Waals surface area contributed by atoms with Crippen LogP contribution in [0.4, 0.5) is 4.79 Å². The summed E-state index contributed by atoms with van der Waals surface area (Å²) >= 11 is 0. The van der Waals surface area contributed by atoms with E-state index < -0.39 is 17.7 Å². The third kappa shape index (κ3) is 20.5. The molecule has 0 aliphatic carbocycles. The highest BCUT2D eigenvalue weighted by molar-refractivity contribution is 5.68. The summed E-state index contributed by atoms with van der Waals surface area (Å²) in [6.45, 7) is 7.57. The maximum atomic E-state index is 11.2. The number of hydrogen-bond acceptors (Lipinski definition) is 8. The van der Waals surface area contributed by atoms with Crippen LogP contribution in [-0.4, -0.2) is 82.2 Å². The molecule has 0 aromatic carbocycles. The van der Waals surface area contributed by atoms with Gasteiger partial charge in [-0.1, -0.05) is 0 Å². The van der Waals surface area contributed by atoms with Crippen molar-refractivity contribution in [2.24, 2.45) is 0 Å². The van der Waals surface area contributed by atoms with Gasteiger partial charge < -0.3 is 28.8 Å². The average Bonchev–Trinajstić information content (AvgIpc) is 2.49. The summed E-state index contributed by atoms with van der Waals surface area (Å²) in [6.07, 6.45) is -0.649. The molecule has 0 radical (unpaired) electrons. The van der Waals surface area contributed by atoms with Gasteiger partial charge in [-0.2, -0.15) is 5.48 Å². The smallest absolute Gasteiger partial charge is 0.431 e. The number of carbonyl (C=O) groups is 2. The summed E-state index contributed by atoms with van der Waals surface area (Å²) in [5.41, 5.74) is 1.58. The zero-order chi connectivity index (χ0) is 19.0. The van der Waals surface area contributed by atoms with Crippen molar-refractivity contribution in [3.63, 3.8) is 0 Å². The first-order chi connectivity index (χ1) is 11.8. The van der Waals surface area contributed by atoms with Crippen molar-refractivity contribution in [2.75, 3.05) is 59.5 Å². The maximum Gasteiger partial charge on any atom is 0.431 e. The van der Waals surface area contributed by atoms with Gasteiger partial charge in [0.15, 0.2) is 0 Å². The Morgan fingerprint density at radius 3 is 1.68 bits per heavy atom. The Morgan fingerprint density at radius 1 is 0.800 bits per heavy atom. The van der Waals surface area contributed by atoms with E-state index in [0.29, 0.717) is 39.6 Å². The molecule has 10 heteroatoms. The highest BCUT2D eigenvalue weighted by Crippen LogP contribution is 2.06. The Bertz CT molecular complexity index is 357. The molecular weight excluding hydrogens is 338 g/mol. The van der Waals surface area contributed by atoms with Crippen molar-refractivity contribution in [2.45, 2.75) is 26.4 Å². The van der Waals surface area contributed by atoms with Crippen LogP contribution in [0, 0.1) is 0 Å². The lowest BCUT2D eigenvalue weighted by Gasteiger charge is -2.19. The van der Waals surface area contributed by atoms with Crippen molar-refractivity contribution < 1.29 is 43.2 Å². The summed E-state index contributed by atoms with van der Waals surface area (Å²) in [6, 6.07) is 0. The van der Waals surface area contributed by atoms with Gasteiger partial charge in [0.1, 0.15) is 12.2 Å². The van der Waals surface area contributed by atoms with Gasteiger partial charge in [0.2, 0.25) is 0 Å². The molecule has 148 valence electrons. The fourth-order valence-electron chi connectivity index (χ4n) is 1.33. The van der Waals surface area contributed by atoms with Gasteiger partial charge >= 0.3 is 12.1 Å². The second kappa shape index (κ2) is 14.8. The molecule has 2 N–H and O–H groups in total. The van der Waals surface area contributed by atoms with Crippen LogP contribution in [0.25, 0.3) is 0 Å². The monoisotopic (exact) mass is 367 g/mol. The molecule has 1 amide bonds. The van der Waals surface area contributed by atoms with Crippen LogP contribution in [0.3, 0.4) is 0 Å². The molecule has 25 heavy (non-hydrogen) atoms. The molecule has 0 bridgehead atoms. The third-order valence-corrected chi connectivity index (χ3v) is 2.23. The first-order valence-electron chi connectivity index (χ1n) is 7.95. The van der Waals surface area contributed by atoms with Crippen LogP contribution in [-0.2, 0) is 33.3 Å². The molecule has 0 aromatic heterocycles. The van der Waals surface area contributed by atoms with E-state index in [-0.39, 0.29) is 19.8 Å². The zero-order valence-corrected chi connectivity index (χ0v) is 15.1. The quantitative estimate of drug-likeness (QED) is 0.316. The fourth-order valence-corrected chi connectivity index (χ4v) is 1.33. The molecule has 0 heterocycles. The van der Waals surface area contributed by atoms with Gasteiger partial charge in [-0.25, -0.2) is 9.59 Å². The number of carboxylic acid groups (broad SMARTS) is 1. The normalized spacial score (nSPS) is 11.3. The molecular formula is C15H29NO9. The zero-order valence-electron chi connectivity index (χ0n) is 15.1. The Morgan fingerprint density at radius 2 is 1.24 bits per heavy atom. The van der Waals surface area contributed by atoms with Crippen molar-refractivity contribution in [3.8, 4) is 0 Å². The van der Waals surface area contributed by atoms with E-state index >= 15 is 0 Å². The average molecular weight is 367 g/mol. The minimum atomic E-state index is -1.01. The topological polar surface area (TPSA) is 122 Å². The maximum absolute atomic E-state index is 11.2. The molecule has 0 saturated heterocycles. The SMILES string of the molecule is CC(C)(C)OC(=O)NOCCOCCOCCOCCOCC(=O)O. The number of ether oxygens (including phenoxy) is 5. The van der Waals surface area contributed by atoms with E-state index in [2.05, 4.69) is 5.48 Å². The molecule has 0 aliphatic heterocycles. The van der Waals surface area contributed by atoms with Crippen molar-refractivity contribution >= 4 is 12.1 Å². The van der Waals surface area contributed by atoms with Crippen molar-refractivity contribution in [3.05, 3.63) is 0 Å². The molecule has 0 aromatic rings. The van der Waals surface area contributed by atoms with Gasteiger partial charge in [-0.15, -0.1) is 0 Å². The van der Waals surface area contributed by atoms with E-state index in [1.165, 1.54) is 0 Å². The number of nitrogens with one attached hydrogen (secondary N) is 1. The Kier molecular flexibility index (Phi) is 14.0. The molecule has 0 atom stereocenters. The standard InChI is InChI=1S/C15H29NO9/c1-15(2,3)25-14(19)16-24-11-10-22-7-6-20-4-5-21-8-9-23-12-13(17)18/h4-12H2,1-3H3,(H,16,19)(H,17,18). The number of amides is 1. The summed E-state index contributed by atoms with van der Waals surface area (Å²) in [5, 5.41) is 8.34. The Balaban J connectivity index is 3.17. The molecule has 0 fully saturated rings. The van der Waals surface area contributed by atoms with Gasteiger partial charge in [0, 0.05) is 0 Å². The second-order valence-electron chi connectivity index (χ2n) is 5.74. The van der Waals surface area contributed by atoms with Crippen molar-refractivity contribution in [1.29, 1.82) is 0 Å². The lowest BCUT2D eigenvalue weighted by molar-refractivity contribution is -0.142. The molecule has 0 unspecified atom stereocenters. The van der Waals surface area contributed by atoms with E-state index in [1.807, 2.05) is 0 Å². The Labute approximate surface area is 147 Å². The lowest BCUT2D eigenvalue weighted by Crippen LogP contribution is -2.33. The number of hydrogen-bond donors (Lipinski definition) is 2. The van der Waals surface area contributed by atoms with Crippen LogP contribution in [0.2, 0.25) is 0 Å². The predicted molar refractivity (Wildman–Crippen MR) is 86.2 cm³/mol. The summed E-state index contributed by atoms with van der Waals surface area (Å²) in [5.74, 6) is -1.01. The molecule has 0 saturated carbocycles. The van der Waals surface area contributed by atoms with Gasteiger partial charge in [-0.3, -0.25) is 4.84 Å². The molecule has 10 nitrogen and oxygen atoms in total. The third-order valence-electron chi connectivity index (χ3n) is 2.23. The number of carboxylic acids is 1. The van der Waals surface area contributed by atoms with Crippen LogP contribution in [0.15, 0.2) is 0 Å². The first-order valence-corrected chi connectivity index (χ1v) is 7.95. The minimum absolute atomic E-state index is 0.193. The molecule has 0 spiro atoms. The Hall–Kier alpha value is -1.46. The van der Waals surface area contributed by atoms with E-state index in [9.17, 15) is 9.59 Å². The summed E-state index contributed by atoms with van der Waals surface area (Å²) in [7, 11) is 0. The van der Waals surface area contributed by atoms with Crippen LogP contribution < -0.4 is 5.48 Å². The van der Waals surface area contributed by atoms with Gasteiger partial charge in [-0.05, 0) is 20.8 Å². The highest BCUT2D eigenvalue weighted by atomic mass is 16.7. The summed E-state index contributed by atoms with van der Waals surface area (Å²) < 4.78 is 25.5. The van der Waals surface area contributed by atoms with Crippen LogP contribution in [0.1, 0.15) is 20.8 Å². The lowest BCUT2D eigenvalue weighted by atomic mass is 10.2. The van der Waals surface area contributed by atoms with E-state index in [0.717, 1.165) is 0 Å². The molecule has 0 rings (SSSR count). The number of hydroxylamine groups is 1. The second-order valence-corrected chi connectivity index (χ2v) is 5.74. The molecule has 0 aliphatic rings. The minimum Gasteiger partial charge on any atom is -0.480 e. The first kappa shape index (κ1) is 23.5. The number of aliphatic carboxylic acids is 1. The fraction of sp³-hybridized carbons (Fsp3) is 0.867. The summed E-state index contributed by atoms with van der Waals surface area (Å²) in [4.78, 5) is 26.3. The van der Waals surface area contributed by atoms with E-state index in [1.54, 1.807) is 20.8 Å².